The Balaban J connectivity index is 1.82. The fourth-order valence-corrected chi connectivity index (χ4v) is 3.14. The van der Waals surface area contributed by atoms with Crippen LogP contribution in [0.5, 0.6) is 0 Å². The Labute approximate surface area is 165 Å². The van der Waals surface area contributed by atoms with Crippen molar-refractivity contribution in [3.8, 4) is 11.8 Å². The lowest BCUT2D eigenvalue weighted by Gasteiger charge is -2.29. The van der Waals surface area contributed by atoms with Gasteiger partial charge in [-0.15, -0.1) is 0 Å². The molecule has 0 aromatic heterocycles. The van der Waals surface area contributed by atoms with Crippen molar-refractivity contribution in [1.29, 1.82) is 0 Å². The summed E-state index contributed by atoms with van der Waals surface area (Å²) in [4.78, 5) is 4.23. The number of rotatable bonds is 2. The molecule has 134 valence electrons. The smallest absolute Gasteiger partial charge is 0.139 e. The second kappa shape index (κ2) is 7.84. The molecular weight excluding hydrogens is 353 g/mol. The van der Waals surface area contributed by atoms with Crippen LogP contribution >= 0.6 is 12.2 Å². The van der Waals surface area contributed by atoms with E-state index >= 15 is 0 Å². The highest BCUT2D eigenvalue weighted by Gasteiger charge is 2.28. The predicted molar refractivity (Wildman–Crippen MR) is 113 cm³/mol. The number of aryl methyl sites for hydroxylation is 1. The summed E-state index contributed by atoms with van der Waals surface area (Å²) < 4.78 is 13.9. The van der Waals surface area contributed by atoms with E-state index in [9.17, 15) is 4.39 Å². The molecule has 0 amide bonds. The zero-order valence-electron chi connectivity index (χ0n) is 15.6. The highest BCUT2D eigenvalue weighted by molar-refractivity contribution is 7.78. The Morgan fingerprint density at radius 3 is 2.44 bits per heavy atom. The number of nitrogens with zero attached hydrogens (tertiary/aromatic N) is 1. The lowest BCUT2D eigenvalue weighted by Crippen LogP contribution is -2.26. The second-order valence-corrected chi connectivity index (χ2v) is 7.44. The zero-order valence-corrected chi connectivity index (χ0v) is 16.4. The first-order valence-corrected chi connectivity index (χ1v) is 9.16. The van der Waals surface area contributed by atoms with Crippen LogP contribution in [0.15, 0.2) is 65.7 Å². The molecule has 0 saturated carbocycles. The molecule has 1 aliphatic rings. The number of aliphatic imine (C=N–C) groups is 1. The Kier molecular flexibility index (Phi) is 5.51. The Hall–Kier alpha value is -2.79. The van der Waals surface area contributed by atoms with Gasteiger partial charge in [-0.1, -0.05) is 62.1 Å². The van der Waals surface area contributed by atoms with E-state index in [2.05, 4.69) is 54.1 Å². The van der Waals surface area contributed by atoms with Gasteiger partial charge in [-0.25, -0.2) is 9.38 Å². The summed E-state index contributed by atoms with van der Waals surface area (Å²) in [5.41, 5.74) is 4.27. The van der Waals surface area contributed by atoms with Crippen LogP contribution in [-0.2, 0) is 0 Å². The fourth-order valence-electron chi connectivity index (χ4n) is 3.03. The summed E-state index contributed by atoms with van der Waals surface area (Å²) >= 11 is 4.74. The van der Waals surface area contributed by atoms with E-state index < -0.39 is 0 Å². The van der Waals surface area contributed by atoms with E-state index in [0.29, 0.717) is 5.56 Å². The minimum Gasteiger partial charge on any atom is -0.224 e. The number of halogens is 1. The molecule has 0 spiro atoms. The maximum Gasteiger partial charge on any atom is 0.139 e. The van der Waals surface area contributed by atoms with Gasteiger partial charge in [-0.3, -0.25) is 0 Å². The predicted octanol–water partition coefficient (Wildman–Crippen LogP) is 5.98. The summed E-state index contributed by atoms with van der Waals surface area (Å²) in [5.74, 6) is 5.65. The summed E-state index contributed by atoms with van der Waals surface area (Å²) in [6.45, 7) is 6.12. The van der Waals surface area contributed by atoms with E-state index in [-0.39, 0.29) is 17.3 Å². The van der Waals surface area contributed by atoms with E-state index in [1.165, 1.54) is 6.07 Å². The minimum absolute atomic E-state index is 0.00768. The molecule has 3 heteroatoms. The van der Waals surface area contributed by atoms with Crippen LogP contribution in [0.25, 0.3) is 5.57 Å². The van der Waals surface area contributed by atoms with Gasteiger partial charge in [-0.2, -0.15) is 0 Å². The zero-order chi connectivity index (χ0) is 19.4. The van der Waals surface area contributed by atoms with Gasteiger partial charge >= 0.3 is 0 Å². The summed E-state index contributed by atoms with van der Waals surface area (Å²) in [6.07, 6.45) is 6.33. The molecule has 2 aromatic rings. The van der Waals surface area contributed by atoms with Crippen molar-refractivity contribution in [2.75, 3.05) is 0 Å². The summed E-state index contributed by atoms with van der Waals surface area (Å²) in [6, 6.07) is 13.1. The van der Waals surface area contributed by atoms with Crippen molar-refractivity contribution >= 4 is 23.0 Å². The normalized spacial score (nSPS) is 17.3. The quantitative estimate of drug-likeness (QED) is 0.358. The van der Waals surface area contributed by atoms with Gasteiger partial charge in [0, 0.05) is 11.0 Å². The SMILES string of the molecule is Cc1ccc(C#Cc2ccc(C3=CC(C)(C)C(N=C=S)C=C3)cc2)c(F)c1. The highest BCUT2D eigenvalue weighted by atomic mass is 32.1. The molecule has 0 saturated heterocycles. The van der Waals surface area contributed by atoms with Crippen LogP contribution in [0.4, 0.5) is 4.39 Å². The monoisotopic (exact) mass is 373 g/mol. The molecular formula is C24H20FNS. The van der Waals surface area contributed by atoms with Gasteiger partial charge in [0.2, 0.25) is 0 Å². The number of hydrogen-bond acceptors (Lipinski definition) is 2. The molecule has 1 aliphatic carbocycles. The van der Waals surface area contributed by atoms with Gasteiger partial charge in [-0.05, 0) is 60.1 Å². The highest BCUT2D eigenvalue weighted by Crippen LogP contribution is 2.35. The molecule has 2 aromatic carbocycles. The molecule has 0 aliphatic heterocycles. The molecule has 0 bridgehead atoms. The van der Waals surface area contributed by atoms with E-state index in [0.717, 1.165) is 22.3 Å². The Morgan fingerprint density at radius 2 is 1.81 bits per heavy atom. The van der Waals surface area contributed by atoms with Crippen molar-refractivity contribution in [3.63, 3.8) is 0 Å². The fraction of sp³-hybridized carbons (Fsp3) is 0.208. The molecule has 1 atom stereocenters. The standard InChI is InChI=1S/C24H20FNS/c1-17-4-8-20(22(25)14-17)11-7-18-5-9-19(10-6-18)21-12-13-23(26-16-27)24(2,3)15-21/h4-6,8-10,12-15,23H,1-3H3. The van der Waals surface area contributed by atoms with Crippen LogP contribution < -0.4 is 0 Å². The second-order valence-electron chi connectivity index (χ2n) is 7.26. The molecule has 0 heterocycles. The third-order valence-corrected chi connectivity index (χ3v) is 4.73. The van der Waals surface area contributed by atoms with E-state index in [1.807, 2.05) is 37.3 Å². The molecule has 1 unspecified atom stereocenters. The molecule has 0 radical (unpaired) electrons. The van der Waals surface area contributed by atoms with Crippen LogP contribution in [0.2, 0.25) is 0 Å². The lowest BCUT2D eigenvalue weighted by atomic mass is 9.78. The minimum atomic E-state index is -0.285. The van der Waals surface area contributed by atoms with Gasteiger partial charge < -0.3 is 0 Å². The number of thiocarbonyl (C=S) groups is 1. The van der Waals surface area contributed by atoms with Crippen molar-refractivity contribution in [2.24, 2.45) is 10.4 Å². The topological polar surface area (TPSA) is 12.4 Å². The first-order chi connectivity index (χ1) is 12.9. The number of allylic oxidation sites excluding steroid dienone is 2. The Bertz CT molecular complexity index is 1030. The summed E-state index contributed by atoms with van der Waals surface area (Å²) in [5, 5.41) is 2.48. The lowest BCUT2D eigenvalue weighted by molar-refractivity contribution is 0.426. The van der Waals surface area contributed by atoms with Crippen LogP contribution in [0.1, 0.15) is 36.1 Å². The maximum atomic E-state index is 13.9. The molecule has 27 heavy (non-hydrogen) atoms. The Morgan fingerprint density at radius 1 is 1.07 bits per heavy atom. The summed E-state index contributed by atoms with van der Waals surface area (Å²) in [7, 11) is 0. The van der Waals surface area contributed by atoms with Crippen molar-refractivity contribution in [2.45, 2.75) is 26.8 Å². The number of hydrogen-bond donors (Lipinski definition) is 0. The van der Waals surface area contributed by atoms with E-state index in [1.54, 1.807) is 6.07 Å². The third-order valence-electron chi connectivity index (χ3n) is 4.62. The van der Waals surface area contributed by atoms with E-state index in [4.69, 9.17) is 12.2 Å². The van der Waals surface area contributed by atoms with Gasteiger partial charge in [0.1, 0.15) is 5.82 Å². The van der Waals surface area contributed by atoms with Crippen LogP contribution in [-0.4, -0.2) is 11.2 Å². The first-order valence-electron chi connectivity index (χ1n) is 8.76. The molecule has 1 nitrogen and oxygen atoms in total. The molecule has 0 N–H and O–H groups in total. The van der Waals surface area contributed by atoms with Gasteiger partial charge in [0.25, 0.3) is 0 Å². The van der Waals surface area contributed by atoms with Crippen LogP contribution in [0.3, 0.4) is 0 Å². The van der Waals surface area contributed by atoms with Gasteiger partial charge in [0.05, 0.1) is 16.8 Å². The van der Waals surface area contributed by atoms with Crippen LogP contribution in [0, 0.1) is 30.0 Å². The molecule has 3 rings (SSSR count). The van der Waals surface area contributed by atoms with Gasteiger partial charge in [0.15, 0.2) is 0 Å². The average molecular weight is 373 g/mol. The van der Waals surface area contributed by atoms with Crippen molar-refractivity contribution in [1.82, 2.24) is 0 Å². The van der Waals surface area contributed by atoms with Crippen molar-refractivity contribution in [3.05, 3.63) is 88.8 Å². The largest absolute Gasteiger partial charge is 0.224 e. The first kappa shape index (κ1) is 19.0. The molecule has 0 fully saturated rings. The number of isothiocyanates is 1. The average Bonchev–Trinajstić information content (AvgIpc) is 2.63. The van der Waals surface area contributed by atoms with Crippen molar-refractivity contribution < 1.29 is 4.39 Å². The maximum absolute atomic E-state index is 13.9. The third kappa shape index (κ3) is 4.49. The number of benzene rings is 2.